The third-order valence-electron chi connectivity index (χ3n) is 1.97. The molecule has 0 aliphatic heterocycles. The van der Waals surface area contributed by atoms with E-state index < -0.39 is 0 Å². The normalized spacial score (nSPS) is 13.6. The van der Waals surface area contributed by atoms with Gasteiger partial charge in [0.1, 0.15) is 0 Å². The predicted molar refractivity (Wildman–Crippen MR) is 53.9 cm³/mol. The molecule has 2 N–H and O–H groups in total. The van der Waals surface area contributed by atoms with Crippen LogP contribution in [0.4, 0.5) is 0 Å². The van der Waals surface area contributed by atoms with Gasteiger partial charge in [-0.15, -0.1) is 0 Å². The molecule has 0 bridgehead atoms. The monoisotopic (exact) mass is 190 g/mol. The first kappa shape index (κ1) is 12.8. The van der Waals surface area contributed by atoms with Crippen LogP contribution < -0.4 is 5.32 Å². The second kappa shape index (κ2) is 8.44. The molecular formula is C9H22N2O2. The Hall–Kier alpha value is -0.160. The molecule has 0 radical (unpaired) electrons. The van der Waals surface area contributed by atoms with E-state index in [9.17, 15) is 5.11 Å². The number of aliphatic hydroxyl groups excluding tert-OH is 1. The molecule has 4 nitrogen and oxygen atoms in total. The van der Waals surface area contributed by atoms with E-state index in [0.29, 0.717) is 13.1 Å². The quantitative estimate of drug-likeness (QED) is 0.543. The number of nitrogens with one attached hydrogen (secondary N) is 1. The van der Waals surface area contributed by atoms with E-state index in [-0.39, 0.29) is 6.10 Å². The van der Waals surface area contributed by atoms with Crippen LogP contribution in [0.25, 0.3) is 0 Å². The van der Waals surface area contributed by atoms with Crippen molar-refractivity contribution in [3.63, 3.8) is 0 Å². The minimum absolute atomic E-state index is 0.290. The first-order valence-corrected chi connectivity index (χ1v) is 4.78. The Balaban J connectivity index is 3.56. The summed E-state index contributed by atoms with van der Waals surface area (Å²) in [6, 6.07) is 0. The van der Waals surface area contributed by atoms with Gasteiger partial charge in [-0.25, -0.2) is 0 Å². The lowest BCUT2D eigenvalue weighted by molar-refractivity contribution is 0.0925. The van der Waals surface area contributed by atoms with Gasteiger partial charge < -0.3 is 15.2 Å². The van der Waals surface area contributed by atoms with Gasteiger partial charge in [0.25, 0.3) is 0 Å². The molecule has 0 heterocycles. The maximum atomic E-state index is 9.51. The average molecular weight is 190 g/mol. The fourth-order valence-electron chi connectivity index (χ4n) is 1.20. The lowest BCUT2D eigenvalue weighted by Gasteiger charge is -2.22. The van der Waals surface area contributed by atoms with E-state index in [0.717, 1.165) is 19.7 Å². The smallest absolute Gasteiger partial charge is 0.0791 e. The molecular weight excluding hydrogens is 168 g/mol. The van der Waals surface area contributed by atoms with Crippen LogP contribution >= 0.6 is 0 Å². The third kappa shape index (κ3) is 6.95. The maximum absolute atomic E-state index is 9.51. The minimum atomic E-state index is -0.290. The number of methoxy groups -OCH3 is 1. The summed E-state index contributed by atoms with van der Waals surface area (Å²) in [7, 11) is 3.53. The Bertz CT molecular complexity index is 112. The van der Waals surface area contributed by atoms with Crippen LogP contribution in [0, 0.1) is 0 Å². The number of nitrogens with zero attached hydrogens (tertiary/aromatic N) is 1. The van der Waals surface area contributed by atoms with Crippen molar-refractivity contribution in [3.8, 4) is 0 Å². The van der Waals surface area contributed by atoms with Crippen molar-refractivity contribution in [1.82, 2.24) is 10.2 Å². The van der Waals surface area contributed by atoms with Crippen LogP contribution in [0.5, 0.6) is 0 Å². The highest BCUT2D eigenvalue weighted by molar-refractivity contribution is 4.64. The van der Waals surface area contributed by atoms with Gasteiger partial charge in [0.05, 0.1) is 12.7 Å². The highest BCUT2D eigenvalue weighted by Gasteiger charge is 2.08. The Labute approximate surface area is 80.9 Å². The molecule has 0 spiro atoms. The van der Waals surface area contributed by atoms with E-state index in [1.165, 1.54) is 0 Å². The molecule has 1 unspecified atom stereocenters. The van der Waals surface area contributed by atoms with Crippen LogP contribution in [-0.4, -0.2) is 63.1 Å². The standard InChI is InChI=1S/C9H22N2O2/c1-4-11(5-6-13-3)8-9(12)7-10-2/h9-10,12H,4-8H2,1-3H3. The lowest BCUT2D eigenvalue weighted by Crippen LogP contribution is -2.38. The van der Waals surface area contributed by atoms with E-state index in [2.05, 4.69) is 17.1 Å². The van der Waals surface area contributed by atoms with Crippen molar-refractivity contribution in [2.75, 3.05) is 46.9 Å². The molecule has 0 saturated carbocycles. The topological polar surface area (TPSA) is 44.7 Å². The van der Waals surface area contributed by atoms with E-state index in [4.69, 9.17) is 4.74 Å². The first-order valence-electron chi connectivity index (χ1n) is 4.78. The predicted octanol–water partition coefficient (Wildman–Crippen LogP) is -0.465. The zero-order valence-electron chi connectivity index (χ0n) is 8.92. The largest absolute Gasteiger partial charge is 0.390 e. The second-order valence-electron chi connectivity index (χ2n) is 3.10. The van der Waals surface area contributed by atoms with Crippen LogP contribution in [0.3, 0.4) is 0 Å². The average Bonchev–Trinajstić information content (AvgIpc) is 2.12. The molecule has 1 atom stereocenters. The molecule has 4 heteroatoms. The summed E-state index contributed by atoms with van der Waals surface area (Å²) in [5.74, 6) is 0. The maximum Gasteiger partial charge on any atom is 0.0791 e. The Kier molecular flexibility index (Phi) is 8.33. The number of ether oxygens (including phenoxy) is 1. The highest BCUT2D eigenvalue weighted by atomic mass is 16.5. The van der Waals surface area contributed by atoms with Crippen LogP contribution in [-0.2, 0) is 4.74 Å². The van der Waals surface area contributed by atoms with Crippen molar-refractivity contribution in [2.24, 2.45) is 0 Å². The van der Waals surface area contributed by atoms with Gasteiger partial charge in [-0.05, 0) is 13.6 Å². The molecule has 80 valence electrons. The number of likely N-dealkylation sites (N-methyl/N-ethyl adjacent to an activating group) is 2. The molecule has 0 aromatic carbocycles. The molecule has 0 rings (SSSR count). The summed E-state index contributed by atoms with van der Waals surface area (Å²) in [4.78, 5) is 2.17. The van der Waals surface area contributed by atoms with Gasteiger partial charge in [-0.2, -0.15) is 0 Å². The fourth-order valence-corrected chi connectivity index (χ4v) is 1.20. The van der Waals surface area contributed by atoms with Crippen LogP contribution in [0.15, 0.2) is 0 Å². The second-order valence-corrected chi connectivity index (χ2v) is 3.10. The molecule has 0 aliphatic carbocycles. The summed E-state index contributed by atoms with van der Waals surface area (Å²) in [6.45, 7) is 5.99. The lowest BCUT2D eigenvalue weighted by atomic mass is 10.3. The number of aliphatic hydroxyl groups is 1. The third-order valence-corrected chi connectivity index (χ3v) is 1.97. The van der Waals surface area contributed by atoms with Crippen LogP contribution in [0.2, 0.25) is 0 Å². The van der Waals surface area contributed by atoms with E-state index in [1.807, 2.05) is 7.05 Å². The Morgan fingerprint density at radius 1 is 1.54 bits per heavy atom. The number of rotatable bonds is 8. The first-order chi connectivity index (χ1) is 6.24. The molecule has 0 aliphatic rings. The summed E-state index contributed by atoms with van der Waals surface area (Å²) in [5, 5.41) is 12.5. The van der Waals surface area contributed by atoms with Gasteiger partial charge in [0.2, 0.25) is 0 Å². The molecule has 0 saturated heterocycles. The zero-order chi connectivity index (χ0) is 10.1. The molecule has 0 aromatic rings. The van der Waals surface area contributed by atoms with Crippen molar-refractivity contribution in [2.45, 2.75) is 13.0 Å². The van der Waals surface area contributed by atoms with Gasteiger partial charge >= 0.3 is 0 Å². The number of hydrogen-bond donors (Lipinski definition) is 2. The zero-order valence-corrected chi connectivity index (χ0v) is 8.92. The molecule has 13 heavy (non-hydrogen) atoms. The van der Waals surface area contributed by atoms with E-state index in [1.54, 1.807) is 7.11 Å². The van der Waals surface area contributed by atoms with Gasteiger partial charge in [0.15, 0.2) is 0 Å². The van der Waals surface area contributed by atoms with Crippen molar-refractivity contribution in [3.05, 3.63) is 0 Å². The van der Waals surface area contributed by atoms with Crippen LogP contribution in [0.1, 0.15) is 6.92 Å². The molecule has 0 amide bonds. The van der Waals surface area contributed by atoms with Crippen molar-refractivity contribution < 1.29 is 9.84 Å². The SMILES string of the molecule is CCN(CCOC)CC(O)CNC. The van der Waals surface area contributed by atoms with Gasteiger partial charge in [-0.1, -0.05) is 6.92 Å². The van der Waals surface area contributed by atoms with Crippen molar-refractivity contribution >= 4 is 0 Å². The summed E-state index contributed by atoms with van der Waals surface area (Å²) in [5.41, 5.74) is 0. The van der Waals surface area contributed by atoms with Gasteiger partial charge in [-0.3, -0.25) is 4.90 Å². The Morgan fingerprint density at radius 2 is 2.23 bits per heavy atom. The summed E-state index contributed by atoms with van der Waals surface area (Å²) >= 11 is 0. The number of hydrogen-bond acceptors (Lipinski definition) is 4. The van der Waals surface area contributed by atoms with E-state index >= 15 is 0 Å². The Morgan fingerprint density at radius 3 is 2.69 bits per heavy atom. The summed E-state index contributed by atoms with van der Waals surface area (Å²) < 4.78 is 4.98. The summed E-state index contributed by atoms with van der Waals surface area (Å²) in [6.07, 6.45) is -0.290. The molecule has 0 aromatic heterocycles. The fraction of sp³-hybridized carbons (Fsp3) is 1.00. The molecule has 0 fully saturated rings. The highest BCUT2D eigenvalue weighted by Crippen LogP contribution is 1.91. The van der Waals surface area contributed by atoms with Crippen molar-refractivity contribution in [1.29, 1.82) is 0 Å². The van der Waals surface area contributed by atoms with Gasteiger partial charge in [0, 0.05) is 26.7 Å². The minimum Gasteiger partial charge on any atom is -0.390 e.